The molecule has 21 heavy (non-hydrogen) atoms. The maximum Gasteiger partial charge on any atom is 0.132 e. The highest BCUT2D eigenvalue weighted by Crippen LogP contribution is 2.30. The van der Waals surface area contributed by atoms with Crippen LogP contribution in [0.25, 0.3) is 0 Å². The fourth-order valence-electron chi connectivity index (χ4n) is 2.23. The van der Waals surface area contributed by atoms with Crippen LogP contribution < -0.4 is 16.0 Å². The third-order valence-corrected chi connectivity index (χ3v) is 3.52. The summed E-state index contributed by atoms with van der Waals surface area (Å²) in [6.07, 6.45) is 2.42. The van der Waals surface area contributed by atoms with Crippen molar-refractivity contribution in [1.82, 2.24) is 15.2 Å². The first-order valence-electron chi connectivity index (χ1n) is 6.63. The van der Waals surface area contributed by atoms with Gasteiger partial charge in [-0.2, -0.15) is 5.10 Å². The number of hydrogen-bond donors (Lipinski definition) is 2. The van der Waals surface area contributed by atoms with Crippen LogP contribution >= 0.6 is 11.6 Å². The van der Waals surface area contributed by atoms with Crippen LogP contribution in [-0.4, -0.2) is 16.9 Å². The maximum absolute atomic E-state index is 14.3. The Morgan fingerprint density at radius 1 is 1.52 bits per heavy atom. The van der Waals surface area contributed by atoms with Gasteiger partial charge in [-0.25, -0.2) is 9.82 Å². The van der Waals surface area contributed by atoms with Crippen LogP contribution in [0.3, 0.4) is 0 Å². The average Bonchev–Trinajstić information content (AvgIpc) is 2.83. The minimum absolute atomic E-state index is 0.387. The Labute approximate surface area is 127 Å². The fraction of sp³-hybridized carbons (Fsp3) is 0.357. The molecule has 0 aliphatic heterocycles. The lowest BCUT2D eigenvalue weighted by Crippen LogP contribution is -2.31. The van der Waals surface area contributed by atoms with Crippen LogP contribution in [0.4, 0.5) is 4.39 Å². The minimum Gasteiger partial charge on any atom is -0.497 e. The van der Waals surface area contributed by atoms with E-state index in [-0.39, 0.29) is 0 Å². The molecule has 0 saturated heterocycles. The van der Waals surface area contributed by atoms with Crippen LogP contribution in [0.15, 0.2) is 24.4 Å². The van der Waals surface area contributed by atoms with E-state index < -0.39 is 11.9 Å². The Bertz CT molecular complexity index is 617. The zero-order chi connectivity index (χ0) is 15.4. The number of nitrogens with zero attached hydrogens (tertiary/aromatic N) is 2. The molecule has 0 fully saturated rings. The third-order valence-electron chi connectivity index (χ3n) is 3.23. The minimum atomic E-state index is -0.586. The summed E-state index contributed by atoms with van der Waals surface area (Å²) in [7, 11) is 1.49. The number of halogens is 2. The van der Waals surface area contributed by atoms with Crippen LogP contribution in [-0.2, 0) is 6.54 Å². The lowest BCUT2D eigenvalue weighted by molar-refractivity contribution is 0.409. The largest absolute Gasteiger partial charge is 0.497 e. The van der Waals surface area contributed by atoms with E-state index in [1.54, 1.807) is 16.8 Å². The van der Waals surface area contributed by atoms with Gasteiger partial charge in [0.15, 0.2) is 0 Å². The number of aromatic nitrogens is 2. The summed E-state index contributed by atoms with van der Waals surface area (Å²) in [4.78, 5) is 0. The van der Waals surface area contributed by atoms with E-state index in [0.29, 0.717) is 28.6 Å². The average molecular weight is 313 g/mol. The molecule has 0 bridgehead atoms. The van der Waals surface area contributed by atoms with E-state index in [4.69, 9.17) is 22.2 Å². The maximum atomic E-state index is 14.3. The van der Waals surface area contributed by atoms with E-state index in [2.05, 4.69) is 10.5 Å². The Morgan fingerprint density at radius 2 is 2.29 bits per heavy atom. The van der Waals surface area contributed by atoms with Gasteiger partial charge < -0.3 is 4.74 Å². The van der Waals surface area contributed by atoms with Gasteiger partial charge >= 0.3 is 0 Å². The SMILES string of the molecule is CCCn1ncc(Cl)c1C(NN)c1ccc(OC)cc1F. The van der Waals surface area contributed by atoms with Gasteiger partial charge in [0.05, 0.1) is 30.1 Å². The van der Waals surface area contributed by atoms with E-state index in [9.17, 15) is 4.39 Å². The number of nitrogens with two attached hydrogens (primary N) is 1. The van der Waals surface area contributed by atoms with Crippen LogP contribution in [0, 0.1) is 5.82 Å². The standard InChI is InChI=1S/C14H18ClFN4O/c1-3-6-20-14(11(15)8-18-20)13(19-17)10-5-4-9(21-2)7-12(10)16/h4-5,7-8,13,19H,3,6,17H2,1-2H3. The van der Waals surface area contributed by atoms with Crippen LogP contribution in [0.1, 0.15) is 30.6 Å². The van der Waals surface area contributed by atoms with Crippen molar-refractivity contribution in [2.24, 2.45) is 5.84 Å². The molecule has 2 aromatic rings. The van der Waals surface area contributed by atoms with E-state index >= 15 is 0 Å². The normalized spacial score (nSPS) is 12.4. The van der Waals surface area contributed by atoms with Gasteiger partial charge in [-0.05, 0) is 12.5 Å². The van der Waals surface area contributed by atoms with Gasteiger partial charge in [-0.15, -0.1) is 0 Å². The molecule has 7 heteroatoms. The first kappa shape index (κ1) is 15.8. The molecular formula is C14H18ClFN4O. The summed E-state index contributed by atoms with van der Waals surface area (Å²) in [5.74, 6) is 5.65. The lowest BCUT2D eigenvalue weighted by Gasteiger charge is -2.19. The van der Waals surface area contributed by atoms with Gasteiger partial charge in [-0.1, -0.05) is 24.6 Å². The molecule has 1 unspecified atom stereocenters. The highest BCUT2D eigenvalue weighted by Gasteiger charge is 2.24. The van der Waals surface area contributed by atoms with Gasteiger partial charge in [0.1, 0.15) is 11.6 Å². The summed E-state index contributed by atoms with van der Waals surface area (Å²) in [6, 6.07) is 4.03. The number of hydrogen-bond acceptors (Lipinski definition) is 4. The monoisotopic (exact) mass is 312 g/mol. The molecule has 0 amide bonds. The topological polar surface area (TPSA) is 65.1 Å². The predicted molar refractivity (Wildman–Crippen MR) is 79.6 cm³/mol. The second kappa shape index (κ2) is 6.89. The molecule has 0 radical (unpaired) electrons. The molecule has 1 aromatic heterocycles. The van der Waals surface area contributed by atoms with Crippen LogP contribution in [0.5, 0.6) is 5.75 Å². The van der Waals surface area contributed by atoms with Crippen molar-refractivity contribution in [1.29, 1.82) is 0 Å². The molecule has 3 N–H and O–H groups in total. The highest BCUT2D eigenvalue weighted by atomic mass is 35.5. The van der Waals surface area contributed by atoms with E-state index in [1.165, 1.54) is 19.4 Å². The molecule has 0 aliphatic rings. The summed E-state index contributed by atoms with van der Waals surface area (Å²) in [5.41, 5.74) is 3.64. The van der Waals surface area contributed by atoms with Gasteiger partial charge in [0.2, 0.25) is 0 Å². The Balaban J connectivity index is 2.47. The van der Waals surface area contributed by atoms with Crippen molar-refractivity contribution in [3.05, 3.63) is 46.5 Å². The van der Waals surface area contributed by atoms with Crippen LogP contribution in [0.2, 0.25) is 5.02 Å². The third kappa shape index (κ3) is 3.18. The van der Waals surface area contributed by atoms with Crippen molar-refractivity contribution >= 4 is 11.6 Å². The lowest BCUT2D eigenvalue weighted by atomic mass is 10.0. The first-order chi connectivity index (χ1) is 10.1. The molecular weight excluding hydrogens is 295 g/mol. The molecule has 1 aromatic carbocycles. The Hall–Kier alpha value is -1.63. The summed E-state index contributed by atoms with van der Waals surface area (Å²) in [6.45, 7) is 2.70. The van der Waals surface area contributed by atoms with Crippen molar-refractivity contribution in [3.8, 4) is 5.75 Å². The molecule has 0 saturated carbocycles. The number of ether oxygens (including phenoxy) is 1. The Morgan fingerprint density at radius 3 is 2.86 bits per heavy atom. The molecule has 0 aliphatic carbocycles. The zero-order valence-electron chi connectivity index (χ0n) is 11.9. The number of methoxy groups -OCH3 is 1. The fourth-order valence-corrected chi connectivity index (χ4v) is 2.48. The summed E-state index contributed by atoms with van der Waals surface area (Å²) >= 11 is 6.19. The molecule has 5 nitrogen and oxygen atoms in total. The second-order valence-corrected chi connectivity index (χ2v) is 5.00. The van der Waals surface area contributed by atoms with E-state index in [0.717, 1.165) is 6.42 Å². The first-order valence-corrected chi connectivity index (χ1v) is 7.00. The highest BCUT2D eigenvalue weighted by molar-refractivity contribution is 6.31. The van der Waals surface area contributed by atoms with Gasteiger partial charge in [-0.3, -0.25) is 10.5 Å². The predicted octanol–water partition coefficient (Wildman–Crippen LogP) is 2.65. The molecule has 0 spiro atoms. The molecule has 1 heterocycles. The Kier molecular flexibility index (Phi) is 5.17. The van der Waals surface area contributed by atoms with Gasteiger partial charge in [0.25, 0.3) is 0 Å². The molecule has 1 atom stereocenters. The zero-order valence-corrected chi connectivity index (χ0v) is 12.7. The molecule has 114 valence electrons. The van der Waals surface area contributed by atoms with Crippen molar-refractivity contribution in [3.63, 3.8) is 0 Å². The van der Waals surface area contributed by atoms with Crippen molar-refractivity contribution in [2.75, 3.05) is 7.11 Å². The molecule has 2 rings (SSSR count). The van der Waals surface area contributed by atoms with Crippen molar-refractivity contribution < 1.29 is 9.13 Å². The second-order valence-electron chi connectivity index (χ2n) is 4.59. The van der Waals surface area contributed by atoms with Crippen molar-refractivity contribution in [2.45, 2.75) is 25.9 Å². The summed E-state index contributed by atoms with van der Waals surface area (Å²) in [5, 5.41) is 4.65. The number of hydrazine groups is 1. The smallest absolute Gasteiger partial charge is 0.132 e. The number of rotatable bonds is 6. The van der Waals surface area contributed by atoms with E-state index in [1.807, 2.05) is 6.92 Å². The summed E-state index contributed by atoms with van der Waals surface area (Å²) < 4.78 is 21.0. The number of benzene rings is 1. The van der Waals surface area contributed by atoms with Gasteiger partial charge in [0, 0.05) is 18.2 Å². The number of aryl methyl sites for hydroxylation is 1. The quantitative estimate of drug-likeness (QED) is 0.636. The number of nitrogens with one attached hydrogen (secondary N) is 1.